The Hall–Kier alpha value is -1.85. The zero-order chi connectivity index (χ0) is 13.6. The number of benzene rings is 2. The van der Waals surface area contributed by atoms with Crippen LogP contribution in [0.25, 0.3) is 10.8 Å². The smallest absolute Gasteiger partial charge is 0.289 e. The summed E-state index contributed by atoms with van der Waals surface area (Å²) in [5.41, 5.74) is -1.17. The van der Waals surface area contributed by atoms with E-state index in [4.69, 9.17) is 0 Å². The largest absolute Gasteiger partial charge is 0.458 e. The van der Waals surface area contributed by atoms with E-state index in [2.05, 4.69) is 0 Å². The Labute approximate surface area is 98.5 Å². The van der Waals surface area contributed by atoms with E-state index < -0.39 is 23.4 Å². The quantitative estimate of drug-likeness (QED) is 0.666. The van der Waals surface area contributed by atoms with Crippen LogP contribution in [0.3, 0.4) is 0 Å². The molecular formula is C12H6F5O. The predicted octanol–water partition coefficient (Wildman–Crippen LogP) is 4.64. The van der Waals surface area contributed by atoms with E-state index in [1.54, 1.807) is 0 Å². The van der Waals surface area contributed by atoms with Crippen LogP contribution in [0.15, 0.2) is 36.4 Å². The van der Waals surface area contributed by atoms with Crippen LogP contribution in [0, 0.1) is 0 Å². The van der Waals surface area contributed by atoms with E-state index in [0.717, 1.165) is 6.07 Å². The van der Waals surface area contributed by atoms with E-state index in [1.807, 2.05) is 0 Å². The second-order valence-corrected chi connectivity index (χ2v) is 3.76. The van der Waals surface area contributed by atoms with Gasteiger partial charge >= 0.3 is 12.1 Å². The van der Waals surface area contributed by atoms with Crippen molar-refractivity contribution in [3.05, 3.63) is 42.0 Å². The van der Waals surface area contributed by atoms with Gasteiger partial charge in [-0.2, -0.15) is 22.0 Å². The van der Waals surface area contributed by atoms with Gasteiger partial charge in [0.2, 0.25) is 0 Å². The van der Waals surface area contributed by atoms with E-state index in [9.17, 15) is 27.1 Å². The number of alkyl halides is 5. The molecule has 2 rings (SSSR count). The van der Waals surface area contributed by atoms with Gasteiger partial charge < -0.3 is 0 Å². The molecule has 18 heavy (non-hydrogen) atoms. The van der Waals surface area contributed by atoms with Gasteiger partial charge in [0.15, 0.2) is 5.75 Å². The van der Waals surface area contributed by atoms with Crippen molar-refractivity contribution >= 4 is 10.8 Å². The molecule has 0 aromatic heterocycles. The molecule has 0 aliphatic carbocycles. The van der Waals surface area contributed by atoms with Gasteiger partial charge in [-0.25, -0.2) is 0 Å². The highest BCUT2D eigenvalue weighted by atomic mass is 19.4. The molecule has 95 valence electrons. The Morgan fingerprint density at radius 3 is 2.17 bits per heavy atom. The number of fused-ring (bicyclic) bond motifs is 1. The summed E-state index contributed by atoms with van der Waals surface area (Å²) < 4.78 is 62.7. The minimum atomic E-state index is -5.66. The molecule has 0 bridgehead atoms. The van der Waals surface area contributed by atoms with Crippen molar-refractivity contribution in [1.82, 2.24) is 0 Å². The SMILES string of the molecule is [O]c1cccc2cc(C(F)(F)C(F)(F)F)ccc12. The number of hydrogen-bond acceptors (Lipinski definition) is 0. The van der Waals surface area contributed by atoms with Crippen LogP contribution in [-0.4, -0.2) is 6.18 Å². The van der Waals surface area contributed by atoms with Crippen molar-refractivity contribution in [3.8, 4) is 5.75 Å². The van der Waals surface area contributed by atoms with Crippen molar-refractivity contribution < 1.29 is 27.1 Å². The molecule has 0 saturated heterocycles. The Kier molecular flexibility index (Phi) is 2.68. The molecule has 0 atom stereocenters. The van der Waals surface area contributed by atoms with Gasteiger partial charge in [-0.3, -0.25) is 5.11 Å². The van der Waals surface area contributed by atoms with Gasteiger partial charge in [0.25, 0.3) is 0 Å². The summed E-state index contributed by atoms with van der Waals surface area (Å²) in [5, 5.41) is 11.5. The highest BCUT2D eigenvalue weighted by Gasteiger charge is 2.58. The zero-order valence-corrected chi connectivity index (χ0v) is 8.76. The minimum absolute atomic E-state index is 0.0592. The Bertz CT molecular complexity index is 589. The van der Waals surface area contributed by atoms with Crippen LogP contribution in [-0.2, 0) is 11.0 Å². The molecule has 2 aromatic carbocycles. The molecule has 0 spiro atoms. The summed E-state index contributed by atoms with van der Waals surface area (Å²) in [5.74, 6) is -5.35. The topological polar surface area (TPSA) is 19.9 Å². The van der Waals surface area contributed by atoms with Crippen LogP contribution in [0.4, 0.5) is 22.0 Å². The maximum absolute atomic E-state index is 13.1. The lowest BCUT2D eigenvalue weighted by atomic mass is 10.0. The molecule has 0 unspecified atom stereocenters. The average Bonchev–Trinajstić information content (AvgIpc) is 2.27. The lowest BCUT2D eigenvalue weighted by molar-refractivity contribution is -0.289. The van der Waals surface area contributed by atoms with Crippen molar-refractivity contribution in [2.24, 2.45) is 0 Å². The molecule has 0 amide bonds. The second-order valence-electron chi connectivity index (χ2n) is 3.76. The molecule has 0 fully saturated rings. The highest BCUT2D eigenvalue weighted by Crippen LogP contribution is 2.44. The molecule has 0 saturated carbocycles. The van der Waals surface area contributed by atoms with Gasteiger partial charge in [0, 0.05) is 10.9 Å². The molecule has 6 heteroatoms. The van der Waals surface area contributed by atoms with E-state index >= 15 is 0 Å². The van der Waals surface area contributed by atoms with Crippen molar-refractivity contribution in [2.45, 2.75) is 12.1 Å². The standard InChI is InChI=1S/C12H6F5O/c13-11(14,12(15,16)17)8-4-5-9-7(6-8)2-1-3-10(9)18/h1-6H. The molecule has 1 radical (unpaired) electrons. The van der Waals surface area contributed by atoms with Crippen LogP contribution in [0.5, 0.6) is 5.75 Å². The third-order valence-electron chi connectivity index (χ3n) is 2.56. The summed E-state index contributed by atoms with van der Waals surface area (Å²) in [6.45, 7) is 0. The molecule has 0 aliphatic rings. The van der Waals surface area contributed by atoms with Gasteiger partial charge in [0.05, 0.1) is 0 Å². The minimum Gasteiger partial charge on any atom is -0.289 e. The first kappa shape index (κ1) is 12.6. The summed E-state index contributed by atoms with van der Waals surface area (Å²) in [7, 11) is 0. The Balaban J connectivity index is 2.62. The monoisotopic (exact) mass is 261 g/mol. The molecule has 0 N–H and O–H groups in total. The number of hydrogen-bond donors (Lipinski definition) is 0. The lowest BCUT2D eigenvalue weighted by Crippen LogP contribution is -2.33. The lowest BCUT2D eigenvalue weighted by Gasteiger charge is -2.20. The van der Waals surface area contributed by atoms with Crippen molar-refractivity contribution in [3.63, 3.8) is 0 Å². The summed E-state index contributed by atoms with van der Waals surface area (Å²) in [6, 6.07) is 6.12. The van der Waals surface area contributed by atoms with E-state index in [-0.39, 0.29) is 10.8 Å². The molecule has 0 aliphatic heterocycles. The third kappa shape index (κ3) is 1.87. The van der Waals surface area contributed by atoms with Crippen LogP contribution in [0.2, 0.25) is 0 Å². The van der Waals surface area contributed by atoms with E-state index in [0.29, 0.717) is 12.1 Å². The molecular weight excluding hydrogens is 255 g/mol. The first-order chi connectivity index (χ1) is 8.23. The maximum atomic E-state index is 13.1. The third-order valence-corrected chi connectivity index (χ3v) is 2.56. The Morgan fingerprint density at radius 1 is 0.889 bits per heavy atom. The summed E-state index contributed by atoms with van der Waals surface area (Å²) >= 11 is 0. The first-order valence-corrected chi connectivity index (χ1v) is 4.88. The maximum Gasteiger partial charge on any atom is 0.458 e. The molecule has 1 nitrogen and oxygen atoms in total. The molecule has 2 aromatic rings. The fourth-order valence-electron chi connectivity index (χ4n) is 1.61. The number of halogens is 5. The fraction of sp³-hybridized carbons (Fsp3) is 0.167. The van der Waals surface area contributed by atoms with Crippen molar-refractivity contribution in [1.29, 1.82) is 0 Å². The summed E-state index contributed by atoms with van der Waals surface area (Å²) in [4.78, 5) is 0. The van der Waals surface area contributed by atoms with Crippen LogP contribution >= 0.6 is 0 Å². The van der Waals surface area contributed by atoms with E-state index in [1.165, 1.54) is 18.2 Å². The van der Waals surface area contributed by atoms with Gasteiger partial charge in [0.1, 0.15) is 0 Å². The first-order valence-electron chi connectivity index (χ1n) is 4.88. The zero-order valence-electron chi connectivity index (χ0n) is 8.76. The second kappa shape index (κ2) is 3.83. The van der Waals surface area contributed by atoms with Crippen LogP contribution < -0.4 is 0 Å². The Morgan fingerprint density at radius 2 is 1.56 bits per heavy atom. The average molecular weight is 261 g/mol. The summed E-state index contributed by atoms with van der Waals surface area (Å²) in [6.07, 6.45) is -5.66. The van der Waals surface area contributed by atoms with Gasteiger partial charge in [-0.05, 0) is 23.6 Å². The predicted molar refractivity (Wildman–Crippen MR) is 54.0 cm³/mol. The normalized spacial score (nSPS) is 12.9. The van der Waals surface area contributed by atoms with Crippen molar-refractivity contribution in [2.75, 3.05) is 0 Å². The van der Waals surface area contributed by atoms with Gasteiger partial charge in [-0.15, -0.1) is 0 Å². The molecule has 0 heterocycles. The fourth-order valence-corrected chi connectivity index (χ4v) is 1.61. The van der Waals surface area contributed by atoms with Gasteiger partial charge in [-0.1, -0.05) is 18.2 Å². The van der Waals surface area contributed by atoms with Crippen LogP contribution in [0.1, 0.15) is 5.56 Å². The highest BCUT2D eigenvalue weighted by molar-refractivity contribution is 5.88. The number of rotatable bonds is 1.